The molecule has 0 atom stereocenters. The van der Waals surface area contributed by atoms with Crippen LogP contribution in [0.5, 0.6) is 11.6 Å². The molecule has 1 aromatic carbocycles. The molecule has 0 amide bonds. The molecular weight excluding hydrogens is 338 g/mol. The number of aromatic nitrogens is 2. The highest BCUT2D eigenvalue weighted by Crippen LogP contribution is 2.29. The highest BCUT2D eigenvalue weighted by Gasteiger charge is 2.25. The summed E-state index contributed by atoms with van der Waals surface area (Å²) in [7, 11) is -1.87. The van der Waals surface area contributed by atoms with Crippen LogP contribution in [0.4, 0.5) is 5.69 Å². The molecule has 24 heavy (non-hydrogen) atoms. The summed E-state index contributed by atoms with van der Waals surface area (Å²) in [5, 5.41) is 0. The summed E-state index contributed by atoms with van der Waals surface area (Å²) in [5.74, 6) is -1.36. The van der Waals surface area contributed by atoms with E-state index in [-0.39, 0.29) is 17.3 Å². The topological polar surface area (TPSA) is 117 Å². The molecule has 0 aliphatic carbocycles. The first-order valence-electron chi connectivity index (χ1n) is 6.64. The fourth-order valence-electron chi connectivity index (χ4n) is 1.79. The Balaban J connectivity index is 2.38. The summed E-state index contributed by atoms with van der Waals surface area (Å²) in [6.07, 6.45) is 0. The molecule has 1 N–H and O–H groups in total. The Labute approximate surface area is 138 Å². The lowest BCUT2D eigenvalue weighted by molar-refractivity contribution is 0.0588. The number of rotatable bonds is 6. The second kappa shape index (κ2) is 7.13. The van der Waals surface area contributed by atoms with Crippen molar-refractivity contribution < 1.29 is 26.9 Å². The number of carbonyl (C=O) groups is 1. The van der Waals surface area contributed by atoms with Crippen LogP contribution in [0, 0.1) is 6.92 Å². The summed E-state index contributed by atoms with van der Waals surface area (Å²) in [6, 6.07) is 8.13. The van der Waals surface area contributed by atoms with E-state index in [4.69, 9.17) is 8.92 Å². The molecule has 1 aromatic heterocycles. The Bertz CT molecular complexity index is 839. The third kappa shape index (κ3) is 4.10. The summed E-state index contributed by atoms with van der Waals surface area (Å²) in [4.78, 5) is 19.5. The van der Waals surface area contributed by atoms with E-state index >= 15 is 0 Å². The molecule has 0 unspecified atom stereocenters. The maximum absolute atomic E-state index is 12.1. The summed E-state index contributed by atoms with van der Waals surface area (Å²) < 4.78 is 41.0. The summed E-state index contributed by atoms with van der Waals surface area (Å²) in [6.45, 7) is 1.47. The Morgan fingerprint density at radius 2 is 1.79 bits per heavy atom. The second-order valence-corrected chi connectivity index (χ2v) is 5.73. The lowest BCUT2D eigenvalue weighted by Gasteiger charge is -2.13. The standard InChI is InChI=1S/C14H15N3O6S/c1-9-15-11(14(18)22-3)12(21-2)13(16-9)23-24(19,20)17-10-7-5-4-6-8-10/h4-8,17H,1-3H3. The number of methoxy groups -OCH3 is 2. The number of aryl methyl sites for hydroxylation is 1. The van der Waals surface area contributed by atoms with Gasteiger partial charge in [0.15, 0.2) is 5.69 Å². The van der Waals surface area contributed by atoms with Crippen molar-refractivity contribution >= 4 is 22.0 Å². The van der Waals surface area contributed by atoms with Gasteiger partial charge < -0.3 is 13.7 Å². The number of carbonyl (C=O) groups excluding carboxylic acids is 1. The van der Waals surface area contributed by atoms with Crippen LogP contribution in [-0.4, -0.2) is 38.6 Å². The predicted octanol–water partition coefficient (Wildman–Crippen LogP) is 1.32. The van der Waals surface area contributed by atoms with Crippen LogP contribution < -0.4 is 13.6 Å². The minimum absolute atomic E-state index is 0.112. The molecule has 128 valence electrons. The van der Waals surface area contributed by atoms with E-state index in [1.54, 1.807) is 30.3 Å². The quantitative estimate of drug-likeness (QED) is 0.773. The van der Waals surface area contributed by atoms with Crippen LogP contribution in [0.2, 0.25) is 0 Å². The molecule has 0 aliphatic heterocycles. The van der Waals surface area contributed by atoms with Gasteiger partial charge in [0, 0.05) is 0 Å². The van der Waals surface area contributed by atoms with Gasteiger partial charge in [0.05, 0.1) is 19.9 Å². The SMILES string of the molecule is COC(=O)c1nc(C)nc(OS(=O)(=O)Nc2ccccc2)c1OC. The van der Waals surface area contributed by atoms with E-state index in [0.29, 0.717) is 5.69 Å². The summed E-state index contributed by atoms with van der Waals surface area (Å²) >= 11 is 0. The first-order valence-corrected chi connectivity index (χ1v) is 8.05. The van der Waals surface area contributed by atoms with Crippen LogP contribution >= 0.6 is 0 Å². The van der Waals surface area contributed by atoms with Gasteiger partial charge in [0.2, 0.25) is 5.75 Å². The largest absolute Gasteiger partial charge is 0.489 e. The van der Waals surface area contributed by atoms with Gasteiger partial charge in [-0.25, -0.2) is 9.78 Å². The second-order valence-electron chi connectivity index (χ2n) is 4.45. The van der Waals surface area contributed by atoms with E-state index in [1.165, 1.54) is 14.0 Å². The van der Waals surface area contributed by atoms with Crippen molar-refractivity contribution in [1.82, 2.24) is 9.97 Å². The number of anilines is 1. The van der Waals surface area contributed by atoms with E-state index in [9.17, 15) is 13.2 Å². The van der Waals surface area contributed by atoms with Gasteiger partial charge in [-0.15, -0.1) is 0 Å². The molecule has 0 fully saturated rings. The molecule has 9 nitrogen and oxygen atoms in total. The molecule has 1 heterocycles. The van der Waals surface area contributed by atoms with Gasteiger partial charge in [-0.1, -0.05) is 18.2 Å². The van der Waals surface area contributed by atoms with Crippen molar-refractivity contribution in [2.75, 3.05) is 18.9 Å². The first kappa shape index (κ1) is 17.5. The van der Waals surface area contributed by atoms with Crippen molar-refractivity contribution in [3.8, 4) is 11.6 Å². The van der Waals surface area contributed by atoms with Crippen molar-refractivity contribution in [2.24, 2.45) is 0 Å². The number of benzene rings is 1. The zero-order valence-electron chi connectivity index (χ0n) is 13.1. The predicted molar refractivity (Wildman–Crippen MR) is 84.3 cm³/mol. The Hall–Kier alpha value is -2.88. The molecular formula is C14H15N3O6S. The Morgan fingerprint density at radius 1 is 1.12 bits per heavy atom. The number of hydrogen-bond acceptors (Lipinski definition) is 8. The zero-order chi connectivity index (χ0) is 17.7. The van der Waals surface area contributed by atoms with Crippen molar-refractivity contribution in [1.29, 1.82) is 0 Å². The molecule has 0 aliphatic rings. The number of nitrogens with zero attached hydrogens (tertiary/aromatic N) is 2. The van der Waals surface area contributed by atoms with Crippen molar-refractivity contribution in [3.05, 3.63) is 41.9 Å². The van der Waals surface area contributed by atoms with Gasteiger partial charge >= 0.3 is 16.3 Å². The van der Waals surface area contributed by atoms with Gasteiger partial charge in [-0.3, -0.25) is 4.72 Å². The fraction of sp³-hybridized carbons (Fsp3) is 0.214. The van der Waals surface area contributed by atoms with E-state index in [0.717, 1.165) is 7.11 Å². The maximum Gasteiger partial charge on any atom is 0.409 e. The van der Waals surface area contributed by atoms with Crippen LogP contribution in [0.3, 0.4) is 0 Å². The highest BCUT2D eigenvalue weighted by molar-refractivity contribution is 7.88. The van der Waals surface area contributed by atoms with Gasteiger partial charge in [-0.05, 0) is 19.1 Å². The van der Waals surface area contributed by atoms with Crippen LogP contribution in [-0.2, 0) is 15.0 Å². The monoisotopic (exact) mass is 353 g/mol. The average molecular weight is 353 g/mol. The van der Waals surface area contributed by atoms with E-state index < -0.39 is 22.2 Å². The molecule has 0 saturated carbocycles. The molecule has 0 saturated heterocycles. The minimum Gasteiger partial charge on any atom is -0.489 e. The zero-order valence-corrected chi connectivity index (χ0v) is 14.0. The highest BCUT2D eigenvalue weighted by atomic mass is 32.2. The average Bonchev–Trinajstić information content (AvgIpc) is 2.53. The maximum atomic E-state index is 12.1. The van der Waals surface area contributed by atoms with Crippen LogP contribution in [0.1, 0.15) is 16.3 Å². The van der Waals surface area contributed by atoms with Crippen LogP contribution in [0.25, 0.3) is 0 Å². The van der Waals surface area contributed by atoms with Gasteiger partial charge in [0.25, 0.3) is 5.88 Å². The lowest BCUT2D eigenvalue weighted by atomic mass is 10.3. The molecule has 0 spiro atoms. The van der Waals surface area contributed by atoms with Crippen molar-refractivity contribution in [3.63, 3.8) is 0 Å². The molecule has 0 bridgehead atoms. The molecule has 0 radical (unpaired) electrons. The van der Waals surface area contributed by atoms with Crippen LogP contribution in [0.15, 0.2) is 30.3 Å². The molecule has 10 heteroatoms. The third-order valence-electron chi connectivity index (χ3n) is 2.73. The number of para-hydroxylation sites is 1. The van der Waals surface area contributed by atoms with Gasteiger partial charge in [-0.2, -0.15) is 13.4 Å². The smallest absolute Gasteiger partial charge is 0.409 e. The van der Waals surface area contributed by atoms with E-state index in [1.807, 2.05) is 0 Å². The number of hydrogen-bond donors (Lipinski definition) is 1. The molecule has 2 rings (SSSR count). The number of esters is 1. The Morgan fingerprint density at radius 3 is 2.38 bits per heavy atom. The first-order chi connectivity index (χ1) is 11.4. The van der Waals surface area contributed by atoms with Crippen molar-refractivity contribution in [2.45, 2.75) is 6.92 Å². The fourth-order valence-corrected chi connectivity index (χ4v) is 2.57. The summed E-state index contributed by atoms with van der Waals surface area (Å²) in [5.41, 5.74) is 0.0628. The molecule has 2 aromatic rings. The number of ether oxygens (including phenoxy) is 2. The van der Waals surface area contributed by atoms with Gasteiger partial charge in [0.1, 0.15) is 5.82 Å². The normalized spacial score (nSPS) is 10.8. The van der Waals surface area contributed by atoms with E-state index in [2.05, 4.69) is 19.4 Å². The lowest BCUT2D eigenvalue weighted by Crippen LogP contribution is -2.21. The third-order valence-corrected chi connectivity index (χ3v) is 3.60. The Kier molecular flexibility index (Phi) is 5.19. The number of nitrogens with one attached hydrogen (secondary N) is 1. The minimum atomic E-state index is -4.26.